The van der Waals surface area contributed by atoms with Crippen molar-refractivity contribution in [1.82, 2.24) is 9.78 Å². The van der Waals surface area contributed by atoms with Crippen molar-refractivity contribution in [3.05, 3.63) is 130 Å². The third-order valence-electron chi connectivity index (χ3n) is 6.36. The number of benzene rings is 4. The lowest BCUT2D eigenvalue weighted by atomic mass is 10.1. The lowest BCUT2D eigenvalue weighted by Gasteiger charge is -2.18. The topological polar surface area (TPSA) is 126 Å². The second kappa shape index (κ2) is 12.7. The van der Waals surface area contributed by atoms with Gasteiger partial charge in [-0.05, 0) is 36.2 Å². The zero-order valence-corrected chi connectivity index (χ0v) is 22.7. The molecule has 0 fully saturated rings. The molecule has 1 aromatic heterocycles. The fourth-order valence-electron chi connectivity index (χ4n) is 4.29. The van der Waals surface area contributed by atoms with Crippen molar-refractivity contribution < 1.29 is 29.0 Å². The molecule has 0 spiro atoms. The van der Waals surface area contributed by atoms with Crippen LogP contribution < -0.4 is 14.2 Å². The van der Waals surface area contributed by atoms with Crippen LogP contribution >= 0.6 is 0 Å². The molecular formula is C32H27N3O7. The van der Waals surface area contributed by atoms with Gasteiger partial charge in [0.25, 0.3) is 5.69 Å². The third kappa shape index (κ3) is 6.56. The van der Waals surface area contributed by atoms with Crippen LogP contribution in [0.2, 0.25) is 0 Å². The molecule has 0 bridgehead atoms. The maximum atomic E-state index is 12.0. The summed E-state index contributed by atoms with van der Waals surface area (Å²) >= 11 is 0. The SMILES string of the molecule is CCn1nc(-c2c(OCc3ccccc3)cc(OCc3ccccc3)cc2Oc2ccc([N+](=O)[O-])cc2)cc1C(=O)O. The Balaban J connectivity index is 1.62. The molecule has 0 aliphatic heterocycles. The largest absolute Gasteiger partial charge is 0.489 e. The maximum absolute atomic E-state index is 12.0. The molecule has 10 heteroatoms. The first-order chi connectivity index (χ1) is 20.4. The summed E-state index contributed by atoms with van der Waals surface area (Å²) in [6, 6.07) is 29.7. The number of rotatable bonds is 12. The molecule has 0 aliphatic rings. The first-order valence-electron chi connectivity index (χ1n) is 13.2. The third-order valence-corrected chi connectivity index (χ3v) is 6.36. The number of hydrogen-bond acceptors (Lipinski definition) is 7. The highest BCUT2D eigenvalue weighted by molar-refractivity contribution is 5.88. The Labute approximate surface area is 241 Å². The molecule has 0 atom stereocenters. The molecule has 212 valence electrons. The van der Waals surface area contributed by atoms with E-state index in [0.29, 0.717) is 35.1 Å². The van der Waals surface area contributed by atoms with E-state index < -0.39 is 10.9 Å². The number of carbonyl (C=O) groups is 1. The molecule has 4 aromatic carbocycles. The number of nitro groups is 1. The van der Waals surface area contributed by atoms with Crippen LogP contribution in [0.15, 0.2) is 103 Å². The average Bonchev–Trinajstić information content (AvgIpc) is 3.45. The van der Waals surface area contributed by atoms with Gasteiger partial charge in [0.2, 0.25) is 0 Å². The minimum absolute atomic E-state index is 0.00667. The van der Waals surface area contributed by atoms with Crippen molar-refractivity contribution >= 4 is 11.7 Å². The standard InChI is InChI=1S/C32H27N3O7/c1-2-34-28(32(36)37)19-27(33-34)31-29(41-21-23-11-7-4-8-12-23)17-26(40-20-22-9-5-3-6-10-22)18-30(31)42-25-15-13-24(14-16-25)35(38)39/h3-19H,2,20-21H2,1H3,(H,36,37). The molecule has 0 aliphatic carbocycles. The zero-order valence-electron chi connectivity index (χ0n) is 22.7. The van der Waals surface area contributed by atoms with Gasteiger partial charge in [-0.15, -0.1) is 0 Å². The molecule has 0 radical (unpaired) electrons. The summed E-state index contributed by atoms with van der Waals surface area (Å²) in [4.78, 5) is 22.6. The highest BCUT2D eigenvalue weighted by atomic mass is 16.6. The fraction of sp³-hybridized carbons (Fsp3) is 0.125. The van der Waals surface area contributed by atoms with Crippen molar-refractivity contribution in [2.75, 3.05) is 0 Å². The molecule has 42 heavy (non-hydrogen) atoms. The predicted molar refractivity (Wildman–Crippen MR) is 155 cm³/mol. The predicted octanol–water partition coefficient (Wildman–Crippen LogP) is 7.13. The van der Waals surface area contributed by atoms with Crippen LogP contribution in [-0.2, 0) is 19.8 Å². The van der Waals surface area contributed by atoms with Gasteiger partial charge in [-0.2, -0.15) is 5.10 Å². The lowest BCUT2D eigenvalue weighted by Crippen LogP contribution is -2.08. The molecule has 0 amide bonds. The molecule has 1 N–H and O–H groups in total. The van der Waals surface area contributed by atoms with Crippen LogP contribution in [0, 0.1) is 10.1 Å². The Morgan fingerprint density at radius 2 is 1.43 bits per heavy atom. The number of ether oxygens (including phenoxy) is 3. The van der Waals surface area contributed by atoms with Crippen molar-refractivity contribution in [2.24, 2.45) is 0 Å². The number of aromatic nitrogens is 2. The van der Waals surface area contributed by atoms with Crippen LogP contribution in [0.1, 0.15) is 28.5 Å². The van der Waals surface area contributed by atoms with Gasteiger partial charge in [-0.3, -0.25) is 14.8 Å². The number of carboxylic acids is 1. The number of nitrogens with zero attached hydrogens (tertiary/aromatic N) is 3. The summed E-state index contributed by atoms with van der Waals surface area (Å²) in [5.74, 6) is 0.276. The fourth-order valence-corrected chi connectivity index (χ4v) is 4.29. The van der Waals surface area contributed by atoms with Gasteiger partial charge in [0, 0.05) is 30.8 Å². The maximum Gasteiger partial charge on any atom is 0.354 e. The summed E-state index contributed by atoms with van der Waals surface area (Å²) in [5.41, 5.74) is 2.53. The van der Waals surface area contributed by atoms with Crippen molar-refractivity contribution in [3.63, 3.8) is 0 Å². The highest BCUT2D eigenvalue weighted by Crippen LogP contribution is 2.44. The normalized spacial score (nSPS) is 10.7. The summed E-state index contributed by atoms with van der Waals surface area (Å²) in [5, 5.41) is 25.5. The number of hydrogen-bond donors (Lipinski definition) is 1. The van der Waals surface area contributed by atoms with Gasteiger partial charge in [0.1, 0.15) is 47.6 Å². The summed E-state index contributed by atoms with van der Waals surface area (Å²) in [6.07, 6.45) is 0. The molecule has 0 unspecified atom stereocenters. The van der Waals surface area contributed by atoms with E-state index in [1.54, 1.807) is 19.1 Å². The average molecular weight is 566 g/mol. The van der Waals surface area contributed by atoms with E-state index in [0.717, 1.165) is 11.1 Å². The van der Waals surface area contributed by atoms with Crippen LogP contribution in [0.25, 0.3) is 11.3 Å². The minimum Gasteiger partial charge on any atom is -0.489 e. The van der Waals surface area contributed by atoms with Gasteiger partial charge < -0.3 is 19.3 Å². The molecule has 0 saturated heterocycles. The Morgan fingerprint density at radius 3 is 1.98 bits per heavy atom. The van der Waals surface area contributed by atoms with E-state index in [-0.39, 0.29) is 30.3 Å². The second-order valence-corrected chi connectivity index (χ2v) is 9.23. The van der Waals surface area contributed by atoms with E-state index in [9.17, 15) is 20.0 Å². The zero-order chi connectivity index (χ0) is 29.5. The molecule has 1 heterocycles. The van der Waals surface area contributed by atoms with Gasteiger partial charge in [-0.1, -0.05) is 60.7 Å². The van der Waals surface area contributed by atoms with E-state index in [2.05, 4.69) is 5.10 Å². The molecule has 5 rings (SSSR count). The molecule has 0 saturated carbocycles. The number of aromatic carboxylic acids is 1. The van der Waals surface area contributed by atoms with Crippen molar-refractivity contribution in [3.8, 4) is 34.3 Å². The van der Waals surface area contributed by atoms with E-state index in [1.165, 1.54) is 35.0 Å². The van der Waals surface area contributed by atoms with Crippen LogP contribution in [-0.4, -0.2) is 25.8 Å². The Bertz CT molecular complexity index is 1690. The van der Waals surface area contributed by atoms with E-state index in [4.69, 9.17) is 14.2 Å². The van der Waals surface area contributed by atoms with Gasteiger partial charge in [-0.25, -0.2) is 4.79 Å². The summed E-state index contributed by atoms with van der Waals surface area (Å²) < 4.78 is 20.1. The lowest BCUT2D eigenvalue weighted by molar-refractivity contribution is -0.384. The first-order valence-corrected chi connectivity index (χ1v) is 13.2. The van der Waals surface area contributed by atoms with Crippen molar-refractivity contribution in [2.45, 2.75) is 26.7 Å². The van der Waals surface area contributed by atoms with Crippen LogP contribution in [0.3, 0.4) is 0 Å². The quantitative estimate of drug-likeness (QED) is 0.125. The Morgan fingerprint density at radius 1 is 0.833 bits per heavy atom. The Hall–Kier alpha value is -5.64. The number of aryl methyl sites for hydroxylation is 1. The smallest absolute Gasteiger partial charge is 0.354 e. The second-order valence-electron chi connectivity index (χ2n) is 9.23. The minimum atomic E-state index is -1.12. The van der Waals surface area contributed by atoms with Crippen LogP contribution in [0.4, 0.5) is 5.69 Å². The molecular weight excluding hydrogens is 538 g/mol. The molecule has 5 aromatic rings. The van der Waals surface area contributed by atoms with E-state index >= 15 is 0 Å². The summed E-state index contributed by atoms with van der Waals surface area (Å²) in [7, 11) is 0. The van der Waals surface area contributed by atoms with Gasteiger partial charge >= 0.3 is 5.97 Å². The Kier molecular flexibility index (Phi) is 8.43. The first kappa shape index (κ1) is 27.9. The van der Waals surface area contributed by atoms with Gasteiger partial charge in [0.15, 0.2) is 0 Å². The number of non-ortho nitro benzene ring substituents is 1. The van der Waals surface area contributed by atoms with Gasteiger partial charge in [0.05, 0.1) is 10.5 Å². The van der Waals surface area contributed by atoms with E-state index in [1.807, 2.05) is 60.7 Å². The monoisotopic (exact) mass is 565 g/mol. The number of carboxylic acid groups (broad SMARTS) is 1. The highest BCUT2D eigenvalue weighted by Gasteiger charge is 2.23. The van der Waals surface area contributed by atoms with Crippen molar-refractivity contribution in [1.29, 1.82) is 0 Å². The summed E-state index contributed by atoms with van der Waals surface area (Å²) in [6.45, 7) is 2.62. The number of nitro benzene ring substituents is 1. The molecule has 10 nitrogen and oxygen atoms in total. The van der Waals surface area contributed by atoms with Crippen LogP contribution in [0.5, 0.6) is 23.0 Å².